The molecular formula is C60H38N2OS. The molecule has 0 aliphatic rings. The van der Waals surface area contributed by atoms with Gasteiger partial charge in [-0.2, -0.15) is 0 Å². The number of nitrogens with zero attached hydrogens (tertiary/aromatic N) is 2. The zero-order valence-corrected chi connectivity index (χ0v) is 35.5. The van der Waals surface area contributed by atoms with E-state index in [0.29, 0.717) is 0 Å². The molecule has 13 aromatic rings. The lowest BCUT2D eigenvalue weighted by Gasteiger charge is -2.30. The van der Waals surface area contributed by atoms with Crippen molar-refractivity contribution in [1.82, 2.24) is 4.57 Å². The standard InChI is InChI=1S/C60H38N2OS/c1-3-18-39(19-4-1)51-38-41(36-37-42(51)48-28-16-29-49-45-24-10-14-35-57(45)64-60(48)49)62(52-30-11-7-22-43(52)46-26-15-27-47-44-23-9-13-34-56(44)63-59(46)47)55-33-17-32-54-58(55)50-25-8-12-31-53(50)61(54)40-20-5-2-6-21-40/h1-38H. The topological polar surface area (TPSA) is 21.3 Å². The van der Waals surface area contributed by atoms with Gasteiger partial charge in [0.15, 0.2) is 0 Å². The van der Waals surface area contributed by atoms with Crippen LogP contribution in [0.15, 0.2) is 235 Å². The summed E-state index contributed by atoms with van der Waals surface area (Å²) >= 11 is 1.87. The van der Waals surface area contributed by atoms with E-state index in [1.54, 1.807) is 0 Å². The molecule has 0 bridgehead atoms. The maximum absolute atomic E-state index is 6.74. The smallest absolute Gasteiger partial charge is 0.143 e. The first kappa shape index (κ1) is 36.5. The van der Waals surface area contributed by atoms with Gasteiger partial charge in [-0.15, -0.1) is 11.3 Å². The van der Waals surface area contributed by atoms with Crippen molar-refractivity contribution in [3.8, 4) is 39.1 Å². The number of rotatable bonds is 7. The van der Waals surface area contributed by atoms with E-state index in [9.17, 15) is 0 Å². The van der Waals surface area contributed by atoms with Crippen LogP contribution in [0.1, 0.15) is 0 Å². The Morgan fingerprint density at radius 3 is 1.89 bits per heavy atom. The Bertz CT molecular complexity index is 3910. The number of thiophene rings is 1. The van der Waals surface area contributed by atoms with Gasteiger partial charge in [0.25, 0.3) is 0 Å². The molecule has 0 radical (unpaired) electrons. The lowest BCUT2D eigenvalue weighted by atomic mass is 9.92. The number of hydrogen-bond donors (Lipinski definition) is 0. The Balaban J connectivity index is 1.12. The van der Waals surface area contributed by atoms with Gasteiger partial charge < -0.3 is 13.9 Å². The fourth-order valence-electron chi connectivity index (χ4n) is 10.0. The van der Waals surface area contributed by atoms with Crippen LogP contribution in [0.2, 0.25) is 0 Å². The number of hydrogen-bond acceptors (Lipinski definition) is 3. The first-order valence-corrected chi connectivity index (χ1v) is 22.6. The lowest BCUT2D eigenvalue weighted by Crippen LogP contribution is -2.12. The summed E-state index contributed by atoms with van der Waals surface area (Å²) in [6, 6.07) is 83.4. The molecule has 0 saturated carbocycles. The minimum absolute atomic E-state index is 0.881. The van der Waals surface area contributed by atoms with Crippen LogP contribution < -0.4 is 4.90 Å². The minimum atomic E-state index is 0.881. The fraction of sp³-hybridized carbons (Fsp3) is 0. The molecule has 13 rings (SSSR count). The molecular weight excluding hydrogens is 797 g/mol. The van der Waals surface area contributed by atoms with Crippen LogP contribution in [0.25, 0.3) is 103 Å². The summed E-state index contributed by atoms with van der Waals surface area (Å²) in [6.07, 6.45) is 0. The van der Waals surface area contributed by atoms with E-state index in [1.165, 1.54) is 47.6 Å². The van der Waals surface area contributed by atoms with Gasteiger partial charge in [-0.25, -0.2) is 0 Å². The van der Waals surface area contributed by atoms with E-state index in [2.05, 4.69) is 234 Å². The average molecular weight is 835 g/mol. The third kappa shape index (κ3) is 5.66. The van der Waals surface area contributed by atoms with Crippen LogP contribution in [-0.4, -0.2) is 4.57 Å². The van der Waals surface area contributed by atoms with Crippen molar-refractivity contribution in [2.75, 3.05) is 4.90 Å². The number of benzene rings is 10. The highest BCUT2D eigenvalue weighted by molar-refractivity contribution is 7.26. The number of para-hydroxylation sites is 5. The second kappa shape index (κ2) is 14.7. The fourth-order valence-corrected chi connectivity index (χ4v) is 11.3. The summed E-state index contributed by atoms with van der Waals surface area (Å²) in [6.45, 7) is 0. The molecule has 0 fully saturated rings. The summed E-state index contributed by atoms with van der Waals surface area (Å²) in [5.74, 6) is 0. The highest BCUT2D eigenvalue weighted by Crippen LogP contribution is 2.50. The second-order valence-electron chi connectivity index (χ2n) is 16.4. The highest BCUT2D eigenvalue weighted by atomic mass is 32.1. The Morgan fingerprint density at radius 1 is 0.391 bits per heavy atom. The Labute approximate surface area is 373 Å². The first-order valence-electron chi connectivity index (χ1n) is 21.8. The van der Waals surface area contributed by atoms with E-state index in [1.807, 2.05) is 17.4 Å². The van der Waals surface area contributed by atoms with Crippen molar-refractivity contribution in [2.45, 2.75) is 0 Å². The zero-order valence-electron chi connectivity index (χ0n) is 34.7. The predicted molar refractivity (Wildman–Crippen MR) is 272 cm³/mol. The van der Waals surface area contributed by atoms with E-state index in [-0.39, 0.29) is 0 Å². The monoisotopic (exact) mass is 834 g/mol. The number of aromatic nitrogens is 1. The molecule has 0 unspecified atom stereocenters. The summed E-state index contributed by atoms with van der Waals surface area (Å²) in [4.78, 5) is 2.48. The van der Waals surface area contributed by atoms with Crippen LogP contribution >= 0.6 is 11.3 Å². The summed E-state index contributed by atoms with van der Waals surface area (Å²) in [7, 11) is 0. The summed E-state index contributed by atoms with van der Waals surface area (Å²) in [5, 5.41) is 7.18. The maximum Gasteiger partial charge on any atom is 0.143 e. The third-order valence-corrected chi connectivity index (χ3v) is 14.0. The van der Waals surface area contributed by atoms with Gasteiger partial charge in [0.05, 0.1) is 22.4 Å². The molecule has 3 heterocycles. The normalized spacial score (nSPS) is 11.8. The van der Waals surface area contributed by atoms with Gasteiger partial charge in [-0.3, -0.25) is 0 Å². The third-order valence-electron chi connectivity index (χ3n) is 12.8. The Kier molecular flexibility index (Phi) is 8.40. The molecule has 0 N–H and O–H groups in total. The average Bonchev–Trinajstić information content (AvgIpc) is 4.05. The van der Waals surface area contributed by atoms with Crippen LogP contribution in [-0.2, 0) is 0 Å². The lowest BCUT2D eigenvalue weighted by molar-refractivity contribution is 0.670. The number of anilines is 3. The van der Waals surface area contributed by atoms with Crippen LogP contribution in [0.4, 0.5) is 17.1 Å². The van der Waals surface area contributed by atoms with E-state index < -0.39 is 0 Å². The molecule has 0 aliphatic carbocycles. The molecule has 300 valence electrons. The van der Waals surface area contributed by atoms with Crippen LogP contribution in [0.3, 0.4) is 0 Å². The van der Waals surface area contributed by atoms with Gasteiger partial charge in [0.1, 0.15) is 11.2 Å². The first-order chi connectivity index (χ1) is 31.8. The van der Waals surface area contributed by atoms with Crippen molar-refractivity contribution < 1.29 is 4.42 Å². The Morgan fingerprint density at radius 2 is 1.02 bits per heavy atom. The van der Waals surface area contributed by atoms with Crippen molar-refractivity contribution in [1.29, 1.82) is 0 Å². The van der Waals surface area contributed by atoms with Gasteiger partial charge >= 0.3 is 0 Å². The molecule has 0 amide bonds. The van der Waals surface area contributed by atoms with Crippen LogP contribution in [0, 0.1) is 0 Å². The van der Waals surface area contributed by atoms with E-state index in [0.717, 1.165) is 72.4 Å². The second-order valence-corrected chi connectivity index (χ2v) is 17.4. The van der Waals surface area contributed by atoms with Crippen molar-refractivity contribution >= 4 is 92.3 Å². The molecule has 0 spiro atoms. The molecule has 3 aromatic heterocycles. The molecule has 0 saturated heterocycles. The predicted octanol–water partition coefficient (Wildman–Crippen LogP) is 17.5. The molecule has 0 aliphatic heterocycles. The van der Waals surface area contributed by atoms with E-state index in [4.69, 9.17) is 4.42 Å². The summed E-state index contributed by atoms with van der Waals surface area (Å²) < 4.78 is 11.7. The molecule has 0 atom stereocenters. The molecule has 4 heteroatoms. The quantitative estimate of drug-likeness (QED) is 0.159. The maximum atomic E-state index is 6.74. The van der Waals surface area contributed by atoms with Gasteiger partial charge in [-0.05, 0) is 77.4 Å². The van der Waals surface area contributed by atoms with Crippen molar-refractivity contribution in [3.63, 3.8) is 0 Å². The minimum Gasteiger partial charge on any atom is -0.455 e. The number of fused-ring (bicyclic) bond motifs is 9. The molecule has 10 aromatic carbocycles. The highest BCUT2D eigenvalue weighted by Gasteiger charge is 2.26. The largest absolute Gasteiger partial charge is 0.455 e. The SMILES string of the molecule is c1ccc(-c2cc(N(c3ccccc3-c3cccc4c3oc3ccccc34)c3cccc4c3c3ccccc3n4-c3ccccc3)ccc2-c2cccc3c2sc2ccccc23)cc1. The van der Waals surface area contributed by atoms with Crippen molar-refractivity contribution in [3.05, 3.63) is 231 Å². The molecule has 64 heavy (non-hydrogen) atoms. The zero-order chi connectivity index (χ0) is 42.1. The Hall–Kier alpha value is -8.18. The van der Waals surface area contributed by atoms with Gasteiger partial charge in [0, 0.05) is 69.8 Å². The van der Waals surface area contributed by atoms with E-state index >= 15 is 0 Å². The van der Waals surface area contributed by atoms with Gasteiger partial charge in [0.2, 0.25) is 0 Å². The van der Waals surface area contributed by atoms with Crippen LogP contribution in [0.5, 0.6) is 0 Å². The molecule has 3 nitrogen and oxygen atoms in total. The van der Waals surface area contributed by atoms with Gasteiger partial charge in [-0.1, -0.05) is 170 Å². The van der Waals surface area contributed by atoms with Crippen molar-refractivity contribution in [2.24, 2.45) is 0 Å². The summed E-state index contributed by atoms with van der Waals surface area (Å²) in [5.41, 5.74) is 15.3. The number of furan rings is 1.